The van der Waals surface area contributed by atoms with Crippen molar-refractivity contribution in [2.75, 3.05) is 13.7 Å². The fourth-order valence-corrected chi connectivity index (χ4v) is 4.45. The topological polar surface area (TPSA) is 88.8 Å². The lowest BCUT2D eigenvalue weighted by molar-refractivity contribution is 0.0623. The van der Waals surface area contributed by atoms with E-state index in [0.717, 1.165) is 12.1 Å². The van der Waals surface area contributed by atoms with Crippen molar-refractivity contribution < 1.29 is 27.1 Å². The molecule has 2 N–H and O–H groups in total. The summed E-state index contributed by atoms with van der Waals surface area (Å²) in [6, 6.07) is 8.00. The molecule has 3 rings (SSSR count). The Morgan fingerprint density at radius 1 is 1.35 bits per heavy atom. The molecule has 26 heavy (non-hydrogen) atoms. The molecule has 0 aliphatic carbocycles. The second-order valence-corrected chi connectivity index (χ2v) is 7.98. The molecular weight excluding hydrogens is 381 g/mol. The summed E-state index contributed by atoms with van der Waals surface area (Å²) in [5.41, 5.74) is -1.23. The maximum absolute atomic E-state index is 13.5. The molecular formula is C17H16FNO5S2. The van der Waals surface area contributed by atoms with Crippen LogP contribution in [0.1, 0.15) is 11.3 Å². The number of rotatable bonds is 7. The molecule has 6 nitrogen and oxygen atoms in total. The van der Waals surface area contributed by atoms with Crippen LogP contribution in [0.15, 0.2) is 62.7 Å². The number of benzene rings is 1. The molecule has 0 radical (unpaired) electrons. The first-order chi connectivity index (χ1) is 12.4. The van der Waals surface area contributed by atoms with Gasteiger partial charge in [-0.3, -0.25) is 0 Å². The molecule has 0 bridgehead atoms. The second kappa shape index (κ2) is 7.20. The molecule has 1 aromatic carbocycles. The van der Waals surface area contributed by atoms with Gasteiger partial charge in [0.25, 0.3) is 0 Å². The lowest BCUT2D eigenvalue weighted by atomic mass is 9.94. The summed E-state index contributed by atoms with van der Waals surface area (Å²) in [5, 5.41) is 14.6. The Bertz CT molecular complexity index is 935. The Kier molecular flexibility index (Phi) is 5.15. The van der Waals surface area contributed by atoms with Crippen molar-refractivity contribution >= 4 is 21.4 Å². The van der Waals surface area contributed by atoms with Gasteiger partial charge in [0.15, 0.2) is 5.60 Å². The van der Waals surface area contributed by atoms with Crippen molar-refractivity contribution in [2.24, 2.45) is 0 Å². The normalized spacial score (nSPS) is 14.1. The first-order valence-corrected chi connectivity index (χ1v) is 9.91. The monoisotopic (exact) mass is 397 g/mol. The van der Waals surface area contributed by atoms with Gasteiger partial charge in [-0.25, -0.2) is 17.5 Å². The summed E-state index contributed by atoms with van der Waals surface area (Å²) in [6.45, 7) is -0.404. The van der Waals surface area contributed by atoms with Crippen molar-refractivity contribution in [3.63, 3.8) is 0 Å². The zero-order valence-corrected chi connectivity index (χ0v) is 15.3. The number of hydrogen-bond acceptors (Lipinski definition) is 6. The number of ether oxygens (including phenoxy) is 1. The summed E-state index contributed by atoms with van der Waals surface area (Å²) in [7, 11) is -2.87. The molecule has 2 heterocycles. The average molecular weight is 397 g/mol. The van der Waals surface area contributed by atoms with Crippen molar-refractivity contribution in [1.82, 2.24) is 4.72 Å². The molecule has 2 aromatic heterocycles. The van der Waals surface area contributed by atoms with Crippen LogP contribution in [0, 0.1) is 5.82 Å². The van der Waals surface area contributed by atoms with Gasteiger partial charge in [0.1, 0.15) is 22.2 Å². The Balaban J connectivity index is 1.94. The highest BCUT2D eigenvalue weighted by Gasteiger charge is 2.37. The van der Waals surface area contributed by atoms with Crippen molar-refractivity contribution in [3.8, 4) is 5.75 Å². The number of thiophene rings is 1. The Morgan fingerprint density at radius 3 is 2.77 bits per heavy atom. The number of hydrogen-bond donors (Lipinski definition) is 2. The summed E-state index contributed by atoms with van der Waals surface area (Å²) >= 11 is 1.35. The standard InChI is InChI=1S/C17H16FNO5S2/c1-23-14-5-4-13(18)9-15(14)26(21,22)19-11-17(20,12-6-8-25-10-12)16-3-2-7-24-16/h2-10,19-20H,11H2,1H3/t17-/m0/s1. The lowest BCUT2D eigenvalue weighted by Crippen LogP contribution is -2.41. The fourth-order valence-electron chi connectivity index (χ4n) is 2.48. The summed E-state index contributed by atoms with van der Waals surface area (Å²) in [6.07, 6.45) is 1.39. The van der Waals surface area contributed by atoms with Crippen LogP contribution in [0.25, 0.3) is 0 Å². The fraction of sp³-hybridized carbons (Fsp3) is 0.176. The predicted octanol–water partition coefficient (Wildman–Crippen LogP) is 2.70. The van der Waals surface area contributed by atoms with E-state index in [-0.39, 0.29) is 16.4 Å². The van der Waals surface area contributed by atoms with E-state index in [2.05, 4.69) is 4.72 Å². The molecule has 0 fully saturated rings. The van der Waals surface area contributed by atoms with Crippen LogP contribution in [-0.4, -0.2) is 27.2 Å². The Hall–Kier alpha value is -2.20. The third-order valence-corrected chi connectivity index (χ3v) is 5.97. The molecule has 0 saturated carbocycles. The highest BCUT2D eigenvalue weighted by molar-refractivity contribution is 7.89. The van der Waals surface area contributed by atoms with Crippen LogP contribution in [0.5, 0.6) is 5.75 Å². The van der Waals surface area contributed by atoms with Gasteiger partial charge in [-0.05, 0) is 47.2 Å². The highest BCUT2D eigenvalue weighted by atomic mass is 32.2. The van der Waals surface area contributed by atoms with E-state index in [4.69, 9.17) is 9.15 Å². The van der Waals surface area contributed by atoms with Gasteiger partial charge >= 0.3 is 0 Å². The van der Waals surface area contributed by atoms with E-state index in [0.29, 0.717) is 5.56 Å². The van der Waals surface area contributed by atoms with Gasteiger partial charge in [-0.1, -0.05) is 0 Å². The smallest absolute Gasteiger partial charge is 0.244 e. The SMILES string of the molecule is COc1ccc(F)cc1S(=O)(=O)NC[C@](O)(c1ccsc1)c1ccco1. The van der Waals surface area contributed by atoms with Gasteiger partial charge in [0.2, 0.25) is 10.0 Å². The molecule has 138 valence electrons. The van der Waals surface area contributed by atoms with Gasteiger partial charge in [-0.15, -0.1) is 0 Å². The van der Waals surface area contributed by atoms with Gasteiger partial charge < -0.3 is 14.3 Å². The Morgan fingerprint density at radius 2 is 2.15 bits per heavy atom. The van der Waals surface area contributed by atoms with E-state index in [1.165, 1.54) is 30.8 Å². The largest absolute Gasteiger partial charge is 0.495 e. The minimum Gasteiger partial charge on any atom is -0.495 e. The maximum Gasteiger partial charge on any atom is 0.244 e. The quantitative estimate of drug-likeness (QED) is 0.640. The van der Waals surface area contributed by atoms with Gasteiger partial charge in [-0.2, -0.15) is 11.3 Å². The minimum atomic E-state index is -4.15. The number of halogens is 1. The molecule has 0 aliphatic heterocycles. The number of furan rings is 1. The first-order valence-electron chi connectivity index (χ1n) is 7.49. The zero-order valence-electron chi connectivity index (χ0n) is 13.7. The van der Waals surface area contributed by atoms with E-state index >= 15 is 0 Å². The van der Waals surface area contributed by atoms with E-state index in [1.807, 2.05) is 0 Å². The number of sulfonamides is 1. The number of methoxy groups -OCH3 is 1. The van der Waals surface area contributed by atoms with E-state index < -0.39 is 28.0 Å². The third kappa shape index (κ3) is 3.51. The molecule has 0 aliphatic rings. The summed E-state index contributed by atoms with van der Waals surface area (Å²) in [4.78, 5) is -0.355. The van der Waals surface area contributed by atoms with Gasteiger partial charge in [0, 0.05) is 5.56 Å². The first kappa shape index (κ1) is 18.6. The van der Waals surface area contributed by atoms with Crippen LogP contribution in [0.3, 0.4) is 0 Å². The zero-order chi connectivity index (χ0) is 18.8. The molecule has 0 spiro atoms. The summed E-state index contributed by atoms with van der Waals surface area (Å²) < 4.78 is 51.4. The molecule has 1 atom stereocenters. The second-order valence-electron chi connectivity index (χ2n) is 5.47. The minimum absolute atomic E-state index is 0.00373. The molecule has 0 unspecified atom stereocenters. The van der Waals surface area contributed by atoms with Gasteiger partial charge in [0.05, 0.1) is 19.9 Å². The van der Waals surface area contributed by atoms with Crippen LogP contribution >= 0.6 is 11.3 Å². The molecule has 0 amide bonds. The molecule has 9 heteroatoms. The number of nitrogens with one attached hydrogen (secondary N) is 1. The van der Waals surface area contributed by atoms with Crippen LogP contribution in [0.4, 0.5) is 4.39 Å². The predicted molar refractivity (Wildman–Crippen MR) is 94.2 cm³/mol. The van der Waals surface area contributed by atoms with Crippen molar-refractivity contribution in [3.05, 3.63) is 70.6 Å². The summed E-state index contributed by atoms with van der Waals surface area (Å²) in [5.74, 6) is -0.536. The third-order valence-electron chi connectivity index (χ3n) is 3.86. The molecule has 0 saturated heterocycles. The van der Waals surface area contributed by atoms with Crippen LogP contribution in [-0.2, 0) is 15.6 Å². The van der Waals surface area contributed by atoms with Crippen LogP contribution < -0.4 is 9.46 Å². The molecule has 3 aromatic rings. The number of aliphatic hydroxyl groups is 1. The highest BCUT2D eigenvalue weighted by Crippen LogP contribution is 2.32. The maximum atomic E-state index is 13.5. The van der Waals surface area contributed by atoms with E-state index in [9.17, 15) is 17.9 Å². The van der Waals surface area contributed by atoms with Crippen LogP contribution in [0.2, 0.25) is 0 Å². The lowest BCUT2D eigenvalue weighted by Gasteiger charge is -2.25. The van der Waals surface area contributed by atoms with Crippen molar-refractivity contribution in [1.29, 1.82) is 0 Å². The van der Waals surface area contributed by atoms with Crippen molar-refractivity contribution in [2.45, 2.75) is 10.5 Å². The average Bonchev–Trinajstić information content (AvgIpc) is 3.33. The Labute approximate surface area is 153 Å². The van der Waals surface area contributed by atoms with E-state index in [1.54, 1.807) is 29.0 Å².